The molecule has 2 atom stereocenters. The van der Waals surface area contributed by atoms with Gasteiger partial charge >= 0.3 is 17.8 Å². The third kappa shape index (κ3) is 2.72. The van der Waals surface area contributed by atoms with E-state index in [4.69, 9.17) is 0 Å². The monoisotopic (exact) mass is 357 g/mol. The van der Waals surface area contributed by atoms with E-state index in [2.05, 4.69) is 4.98 Å². The summed E-state index contributed by atoms with van der Waals surface area (Å²) in [7, 11) is 0. The Bertz CT molecular complexity index is 829. The number of carbonyl (C=O) groups excluding carboxylic acids is 3. The van der Waals surface area contributed by atoms with Crippen molar-refractivity contribution in [2.75, 3.05) is 0 Å². The summed E-state index contributed by atoms with van der Waals surface area (Å²) in [5.41, 5.74) is 0.839. The van der Waals surface area contributed by atoms with Gasteiger partial charge in [0.05, 0.1) is 16.8 Å². The highest BCUT2D eigenvalue weighted by atomic mass is 32.1. The van der Waals surface area contributed by atoms with Crippen LogP contribution < -0.4 is 0 Å². The van der Waals surface area contributed by atoms with Gasteiger partial charge in [-0.05, 0) is 30.9 Å². The van der Waals surface area contributed by atoms with E-state index in [1.165, 1.54) is 16.2 Å². The molecule has 2 heterocycles. The van der Waals surface area contributed by atoms with Gasteiger partial charge in [-0.2, -0.15) is 0 Å². The number of amides is 4. The number of benzene rings is 1. The minimum atomic E-state index is -0.734. The number of fused-ring (bicyclic) bond motifs is 1. The van der Waals surface area contributed by atoms with Crippen LogP contribution in [0, 0.1) is 5.92 Å². The summed E-state index contributed by atoms with van der Waals surface area (Å²) in [5, 5.41) is 0.661. The Morgan fingerprint density at radius 2 is 1.88 bits per heavy atom. The van der Waals surface area contributed by atoms with Gasteiger partial charge in [-0.1, -0.05) is 31.9 Å². The maximum atomic E-state index is 12.8. The number of thiazole rings is 1. The van der Waals surface area contributed by atoms with Crippen molar-refractivity contribution in [2.45, 2.75) is 45.2 Å². The smallest absolute Gasteiger partial charge is 0.263 e. The van der Waals surface area contributed by atoms with Crippen molar-refractivity contribution in [3.05, 3.63) is 29.3 Å². The number of hydrogen-bond acceptors (Lipinski definition) is 5. The highest BCUT2D eigenvalue weighted by Gasteiger charge is 2.49. The molecule has 0 radical (unpaired) electrons. The highest BCUT2D eigenvalue weighted by Crippen LogP contribution is 2.32. The van der Waals surface area contributed by atoms with E-state index in [0.717, 1.165) is 40.8 Å². The third-order valence-electron chi connectivity index (χ3n) is 5.11. The van der Waals surface area contributed by atoms with Gasteiger partial charge in [0.1, 0.15) is 5.01 Å². The fourth-order valence-corrected chi connectivity index (χ4v) is 4.71. The Labute approximate surface area is 149 Å². The molecule has 2 aromatic rings. The van der Waals surface area contributed by atoms with Crippen LogP contribution in [0.15, 0.2) is 24.3 Å². The van der Waals surface area contributed by atoms with Gasteiger partial charge in [-0.25, -0.2) is 14.7 Å². The number of hydrogen-bond donors (Lipinski definition) is 0. The lowest BCUT2D eigenvalue weighted by Gasteiger charge is -2.34. The molecule has 1 saturated heterocycles. The van der Waals surface area contributed by atoms with Gasteiger partial charge < -0.3 is 0 Å². The predicted octanol–water partition coefficient (Wildman–Crippen LogP) is 3.17. The van der Waals surface area contributed by atoms with Crippen LogP contribution in [0.25, 0.3) is 10.2 Å². The van der Waals surface area contributed by atoms with Gasteiger partial charge in [-0.3, -0.25) is 14.5 Å². The number of para-hydroxylation sites is 1. The predicted molar refractivity (Wildman–Crippen MR) is 93.8 cm³/mol. The van der Waals surface area contributed by atoms with Crippen molar-refractivity contribution < 1.29 is 14.4 Å². The van der Waals surface area contributed by atoms with Crippen LogP contribution in [0.3, 0.4) is 0 Å². The fraction of sp³-hybridized carbons (Fsp3) is 0.444. The average Bonchev–Trinajstić information content (AvgIpc) is 3.11. The first-order chi connectivity index (χ1) is 12.1. The average molecular weight is 357 g/mol. The number of imide groups is 2. The number of aromatic nitrogens is 1. The van der Waals surface area contributed by atoms with Crippen LogP contribution in [0.1, 0.15) is 37.6 Å². The molecule has 1 saturated carbocycles. The summed E-state index contributed by atoms with van der Waals surface area (Å²) < 4.78 is 1.00. The quantitative estimate of drug-likeness (QED) is 0.625. The van der Waals surface area contributed by atoms with Gasteiger partial charge in [0.15, 0.2) is 0 Å². The second-order valence-electron chi connectivity index (χ2n) is 6.75. The lowest BCUT2D eigenvalue weighted by atomic mass is 9.85. The van der Waals surface area contributed by atoms with E-state index in [1.54, 1.807) is 0 Å². The molecule has 1 aliphatic heterocycles. The van der Waals surface area contributed by atoms with Gasteiger partial charge in [0.2, 0.25) is 0 Å². The first kappa shape index (κ1) is 16.2. The minimum absolute atomic E-state index is 0.0559. The fourth-order valence-electron chi connectivity index (χ4n) is 3.76. The van der Waals surface area contributed by atoms with Crippen molar-refractivity contribution in [1.82, 2.24) is 14.8 Å². The van der Waals surface area contributed by atoms with Crippen molar-refractivity contribution >= 4 is 39.4 Å². The Morgan fingerprint density at radius 3 is 2.64 bits per heavy atom. The maximum Gasteiger partial charge on any atom is 0.334 e. The van der Waals surface area contributed by atoms with E-state index in [0.29, 0.717) is 5.01 Å². The standard InChI is InChI=1S/C18H19N3O3S/c1-11-6-2-4-8-13(11)21-17(23)16(22)20(18(21)24)10-15-19-12-7-3-5-9-14(12)25-15/h3,5,7,9,11,13H,2,4,6,8,10H2,1H3/t11-,13+/m0/s1. The molecule has 6 nitrogen and oxygen atoms in total. The van der Waals surface area contributed by atoms with Crippen LogP contribution >= 0.6 is 11.3 Å². The molecule has 4 rings (SSSR count). The van der Waals surface area contributed by atoms with Crippen LogP contribution in [-0.4, -0.2) is 38.7 Å². The second kappa shape index (κ2) is 6.22. The summed E-state index contributed by atoms with van der Waals surface area (Å²) >= 11 is 1.44. The molecular formula is C18H19N3O3S. The molecule has 1 aromatic carbocycles. The zero-order chi connectivity index (χ0) is 17.6. The third-order valence-corrected chi connectivity index (χ3v) is 6.13. The zero-order valence-electron chi connectivity index (χ0n) is 14.0. The molecule has 25 heavy (non-hydrogen) atoms. The molecule has 7 heteroatoms. The molecule has 2 fully saturated rings. The molecule has 0 N–H and O–H groups in total. The summed E-state index contributed by atoms with van der Waals surface area (Å²) in [4.78, 5) is 44.3. The molecule has 0 bridgehead atoms. The van der Waals surface area contributed by atoms with Gasteiger partial charge in [0.25, 0.3) is 0 Å². The van der Waals surface area contributed by atoms with Crippen LogP contribution in [-0.2, 0) is 16.1 Å². The molecule has 4 amide bonds. The van der Waals surface area contributed by atoms with E-state index >= 15 is 0 Å². The molecule has 2 aliphatic rings. The van der Waals surface area contributed by atoms with Crippen molar-refractivity contribution in [3.63, 3.8) is 0 Å². The Hall–Kier alpha value is -2.28. The summed E-state index contributed by atoms with van der Waals surface area (Å²) in [6.07, 6.45) is 3.85. The maximum absolute atomic E-state index is 12.8. The first-order valence-corrected chi connectivity index (χ1v) is 9.41. The number of nitrogens with zero attached hydrogens (tertiary/aromatic N) is 3. The Morgan fingerprint density at radius 1 is 1.12 bits per heavy atom. The van der Waals surface area contributed by atoms with E-state index in [9.17, 15) is 14.4 Å². The number of carbonyl (C=O) groups is 3. The lowest BCUT2D eigenvalue weighted by Crippen LogP contribution is -2.46. The van der Waals surface area contributed by atoms with E-state index in [1.807, 2.05) is 31.2 Å². The van der Waals surface area contributed by atoms with Crippen molar-refractivity contribution in [3.8, 4) is 0 Å². The number of urea groups is 1. The van der Waals surface area contributed by atoms with Crippen molar-refractivity contribution in [1.29, 1.82) is 0 Å². The largest absolute Gasteiger partial charge is 0.334 e. The minimum Gasteiger partial charge on any atom is -0.263 e. The summed E-state index contributed by atoms with van der Waals surface area (Å²) in [6.45, 7) is 2.10. The molecular weight excluding hydrogens is 338 g/mol. The second-order valence-corrected chi connectivity index (χ2v) is 7.87. The molecule has 0 unspecified atom stereocenters. The molecule has 0 spiro atoms. The highest BCUT2D eigenvalue weighted by molar-refractivity contribution is 7.18. The number of rotatable bonds is 3. The van der Waals surface area contributed by atoms with E-state index < -0.39 is 17.8 Å². The molecule has 130 valence electrons. The SMILES string of the molecule is C[C@H]1CCCC[C@H]1N1C(=O)C(=O)N(Cc2nc3ccccc3s2)C1=O. The summed E-state index contributed by atoms with van der Waals surface area (Å²) in [5.74, 6) is -1.19. The topological polar surface area (TPSA) is 70.6 Å². The van der Waals surface area contributed by atoms with Crippen LogP contribution in [0.4, 0.5) is 4.79 Å². The lowest BCUT2D eigenvalue weighted by molar-refractivity contribution is -0.144. The van der Waals surface area contributed by atoms with Gasteiger partial charge in [-0.15, -0.1) is 11.3 Å². The zero-order valence-corrected chi connectivity index (χ0v) is 14.8. The van der Waals surface area contributed by atoms with E-state index in [-0.39, 0.29) is 18.5 Å². The first-order valence-electron chi connectivity index (χ1n) is 8.59. The molecule has 1 aliphatic carbocycles. The normalized spacial score (nSPS) is 24.6. The van der Waals surface area contributed by atoms with Gasteiger partial charge in [0, 0.05) is 6.04 Å². The van der Waals surface area contributed by atoms with Crippen LogP contribution in [0.2, 0.25) is 0 Å². The van der Waals surface area contributed by atoms with Crippen LogP contribution in [0.5, 0.6) is 0 Å². The molecule has 1 aromatic heterocycles. The Balaban J connectivity index is 1.58. The summed E-state index contributed by atoms with van der Waals surface area (Å²) in [6, 6.07) is 7.00. The van der Waals surface area contributed by atoms with Crippen molar-refractivity contribution in [2.24, 2.45) is 5.92 Å². The Kier molecular flexibility index (Phi) is 4.03.